The molecule has 0 aliphatic rings. The second kappa shape index (κ2) is 16.7. The number of aliphatic hydroxyl groups is 2. The van der Waals surface area contributed by atoms with Gasteiger partial charge < -0.3 is 36.2 Å². The van der Waals surface area contributed by atoms with Crippen molar-refractivity contribution in [1.29, 1.82) is 0 Å². The van der Waals surface area contributed by atoms with Gasteiger partial charge in [-0.1, -0.05) is 6.07 Å². The van der Waals surface area contributed by atoms with E-state index in [1.165, 1.54) is 5.56 Å². The number of hydrogen-bond donors (Lipinski definition) is 3. The fourth-order valence-electron chi connectivity index (χ4n) is 0.448. The first-order valence-electron chi connectivity index (χ1n) is 5.33. The molecule has 1 aromatic heterocycles. The van der Waals surface area contributed by atoms with Gasteiger partial charge in [-0.2, -0.15) is 0 Å². The van der Waals surface area contributed by atoms with E-state index in [2.05, 4.69) is 4.98 Å². The molecule has 1 heterocycles. The first kappa shape index (κ1) is 27.9. The van der Waals surface area contributed by atoms with Gasteiger partial charge in [0.15, 0.2) is 0 Å². The van der Waals surface area contributed by atoms with Crippen LogP contribution in [0.1, 0.15) is 19.4 Å². The molecule has 0 spiro atoms. The maximum atomic E-state index is 9.34. The molecule has 0 saturated carbocycles. The van der Waals surface area contributed by atoms with Gasteiger partial charge in [-0.05, 0) is 32.4 Å². The van der Waals surface area contributed by atoms with E-state index in [9.17, 15) is 19.8 Å². The number of carboxylic acid groups (broad SMARTS) is 2. The van der Waals surface area contributed by atoms with E-state index in [4.69, 9.17) is 10.2 Å². The number of aryl methyl sites for hydroxylation is 1. The SMILES string of the molecule is CC(O)C(=O)[O-].CC(O)C(=O)[O-].Cc1cccnc1.N.[Pt+2]. The number of aromatic nitrogens is 1. The standard InChI is InChI=1S/C6H7N.2C3H6O3.H3N.Pt/c1-6-3-2-4-7-5-6;2*1-2(4)3(5)6;;/h2-5H,1H3;2*2,4H,1H3,(H,5,6);1H3;/q;;;;+2/p-2. The average Bonchev–Trinajstić information content (AvgIpc) is 2.31. The Balaban J connectivity index is -0.0000000992. The molecule has 0 bridgehead atoms. The summed E-state index contributed by atoms with van der Waals surface area (Å²) in [6, 6.07) is 3.95. The average molecular weight is 483 g/mol. The molecule has 0 saturated heterocycles. The summed E-state index contributed by atoms with van der Waals surface area (Å²) >= 11 is 0. The Hall–Kier alpha value is -1.34. The fraction of sp³-hybridized carbons (Fsp3) is 0.417. The van der Waals surface area contributed by atoms with E-state index in [0.29, 0.717) is 0 Å². The van der Waals surface area contributed by atoms with E-state index >= 15 is 0 Å². The van der Waals surface area contributed by atoms with Gasteiger partial charge in [-0.15, -0.1) is 0 Å². The smallest absolute Gasteiger partial charge is 0.547 e. The van der Waals surface area contributed by atoms with Gasteiger partial charge in [0.2, 0.25) is 0 Å². The van der Waals surface area contributed by atoms with Crippen LogP contribution in [0.15, 0.2) is 24.5 Å². The number of carbonyl (C=O) groups excluding carboxylic acids is 2. The first-order chi connectivity index (χ1) is 8.68. The third-order valence-electron chi connectivity index (χ3n) is 1.49. The summed E-state index contributed by atoms with van der Waals surface area (Å²) in [5, 5.41) is 34.6. The first-order valence-corrected chi connectivity index (χ1v) is 5.33. The van der Waals surface area contributed by atoms with Gasteiger partial charge in [0.25, 0.3) is 0 Å². The molecular weight excluding hydrogens is 463 g/mol. The zero-order valence-corrected chi connectivity index (χ0v) is 14.2. The largest absolute Gasteiger partial charge is 2.00 e. The topological polar surface area (TPSA) is 169 Å². The molecule has 1 aromatic rings. The van der Waals surface area contributed by atoms with Crippen molar-refractivity contribution < 1.29 is 51.1 Å². The number of hydrogen-bond acceptors (Lipinski definition) is 8. The van der Waals surface area contributed by atoms with Crippen molar-refractivity contribution in [2.75, 3.05) is 0 Å². The fourth-order valence-corrected chi connectivity index (χ4v) is 0.448. The van der Waals surface area contributed by atoms with E-state index in [0.717, 1.165) is 13.8 Å². The Bertz CT molecular complexity index is 355. The predicted octanol–water partition coefficient (Wildman–Crippen LogP) is -2.22. The van der Waals surface area contributed by atoms with Crippen molar-refractivity contribution >= 4 is 11.9 Å². The van der Waals surface area contributed by atoms with Crippen LogP contribution in [0, 0.1) is 6.92 Å². The summed E-state index contributed by atoms with van der Waals surface area (Å²) < 4.78 is 0. The van der Waals surface area contributed by atoms with E-state index in [1.54, 1.807) is 6.20 Å². The van der Waals surface area contributed by atoms with Crippen LogP contribution in [0.4, 0.5) is 0 Å². The van der Waals surface area contributed by atoms with Crippen LogP contribution in [0.5, 0.6) is 0 Å². The van der Waals surface area contributed by atoms with E-state index < -0.39 is 24.1 Å². The van der Waals surface area contributed by atoms with Crippen molar-refractivity contribution in [3.05, 3.63) is 30.1 Å². The normalized spacial score (nSPS) is 10.7. The third-order valence-corrected chi connectivity index (χ3v) is 1.49. The molecule has 9 heteroatoms. The maximum Gasteiger partial charge on any atom is 2.00 e. The van der Waals surface area contributed by atoms with Crippen molar-refractivity contribution in [3.63, 3.8) is 0 Å². The summed E-state index contributed by atoms with van der Waals surface area (Å²) in [5.74, 6) is -2.87. The third kappa shape index (κ3) is 24.1. The number of carboxylic acids is 2. The number of aliphatic carboxylic acids is 2. The number of carbonyl (C=O) groups is 2. The van der Waals surface area contributed by atoms with Crippen LogP contribution in [-0.4, -0.2) is 39.3 Å². The van der Waals surface area contributed by atoms with Crippen LogP contribution in [0.3, 0.4) is 0 Å². The number of nitrogens with zero attached hydrogens (tertiary/aromatic N) is 1. The minimum atomic E-state index is -1.44. The second-order valence-electron chi connectivity index (χ2n) is 3.52. The molecule has 0 aliphatic carbocycles. The molecule has 2 unspecified atom stereocenters. The Kier molecular flexibility index (Phi) is 22.2. The minimum absolute atomic E-state index is 0. The number of aliphatic hydroxyl groups excluding tert-OH is 2. The van der Waals surface area contributed by atoms with Gasteiger partial charge in [0.1, 0.15) is 0 Å². The van der Waals surface area contributed by atoms with Crippen molar-refractivity contribution in [2.45, 2.75) is 33.0 Å². The summed E-state index contributed by atoms with van der Waals surface area (Å²) in [5.41, 5.74) is 1.21. The second-order valence-corrected chi connectivity index (χ2v) is 3.52. The molecule has 1 rings (SSSR count). The number of rotatable bonds is 2. The van der Waals surface area contributed by atoms with Crippen molar-refractivity contribution in [1.82, 2.24) is 11.1 Å². The monoisotopic (exact) mass is 483 g/mol. The molecule has 0 aromatic carbocycles. The molecule has 8 nitrogen and oxygen atoms in total. The maximum absolute atomic E-state index is 9.34. The molecule has 5 N–H and O–H groups in total. The van der Waals surface area contributed by atoms with Crippen molar-refractivity contribution in [2.24, 2.45) is 0 Å². The Morgan fingerprint density at radius 1 is 1.14 bits per heavy atom. The molecule has 2 atom stereocenters. The molecule has 0 fully saturated rings. The summed E-state index contributed by atoms with van der Waals surface area (Å²) in [7, 11) is 0. The van der Waals surface area contributed by atoms with Gasteiger partial charge >= 0.3 is 21.1 Å². The minimum Gasteiger partial charge on any atom is -0.547 e. The van der Waals surface area contributed by atoms with E-state index in [1.807, 2.05) is 25.3 Å². The zero-order valence-electron chi connectivity index (χ0n) is 12.0. The zero-order chi connectivity index (χ0) is 15.4. The Morgan fingerprint density at radius 2 is 1.48 bits per heavy atom. The van der Waals surface area contributed by atoms with Gasteiger partial charge in [-0.3, -0.25) is 4.98 Å². The molecule has 0 aliphatic heterocycles. The van der Waals surface area contributed by atoms with Gasteiger partial charge in [0.05, 0.1) is 24.1 Å². The Labute approximate surface area is 137 Å². The van der Waals surface area contributed by atoms with Gasteiger partial charge in [-0.25, -0.2) is 0 Å². The summed E-state index contributed by atoms with van der Waals surface area (Å²) in [6.45, 7) is 4.29. The van der Waals surface area contributed by atoms with Gasteiger partial charge in [0, 0.05) is 12.4 Å². The number of pyridine rings is 1. The predicted molar refractivity (Wildman–Crippen MR) is 67.4 cm³/mol. The molecule has 0 radical (unpaired) electrons. The molecular formula is C12H20N2O6Pt. The summed E-state index contributed by atoms with van der Waals surface area (Å²) in [4.78, 5) is 22.6. The van der Waals surface area contributed by atoms with Crippen LogP contribution in [0.25, 0.3) is 0 Å². The van der Waals surface area contributed by atoms with Crippen LogP contribution < -0.4 is 16.4 Å². The van der Waals surface area contributed by atoms with Crippen LogP contribution in [0.2, 0.25) is 0 Å². The van der Waals surface area contributed by atoms with E-state index in [-0.39, 0.29) is 27.2 Å². The molecule has 124 valence electrons. The summed E-state index contributed by atoms with van der Waals surface area (Å²) in [6.07, 6.45) is 0.919. The van der Waals surface area contributed by atoms with Crippen molar-refractivity contribution in [3.8, 4) is 0 Å². The quantitative estimate of drug-likeness (QED) is 0.425. The molecule has 21 heavy (non-hydrogen) atoms. The Morgan fingerprint density at radius 3 is 1.57 bits per heavy atom. The van der Waals surface area contributed by atoms with Crippen LogP contribution in [-0.2, 0) is 30.7 Å². The molecule has 0 amide bonds. The van der Waals surface area contributed by atoms with Crippen LogP contribution >= 0.6 is 0 Å².